The molecule has 0 aromatic heterocycles. The van der Waals surface area contributed by atoms with Crippen molar-refractivity contribution in [1.29, 1.82) is 0 Å². The number of hydrogen-bond donors (Lipinski definition) is 3. The number of hydrogen-bond acceptors (Lipinski definition) is 2. The average molecular weight is 233 g/mol. The topological polar surface area (TPSA) is 67.1 Å². The quantitative estimate of drug-likeness (QED) is 0.738. The number of urea groups is 1. The molecule has 1 aliphatic rings. The van der Waals surface area contributed by atoms with E-state index in [-0.39, 0.29) is 12.1 Å². The number of rotatable bonds is 4. The Bertz CT molecular complexity index is 362. The smallest absolute Gasteiger partial charge is 0.315 e. The molecule has 4 nitrogen and oxygen atoms in total. The molecular formula is C13H19N3O. The van der Waals surface area contributed by atoms with Gasteiger partial charge in [-0.1, -0.05) is 30.3 Å². The molecule has 0 bridgehead atoms. The molecule has 1 aromatic rings. The predicted molar refractivity (Wildman–Crippen MR) is 67.5 cm³/mol. The van der Waals surface area contributed by atoms with Crippen LogP contribution < -0.4 is 16.4 Å². The summed E-state index contributed by atoms with van der Waals surface area (Å²) in [5, 5.41) is 5.85. The molecule has 1 atom stereocenters. The highest BCUT2D eigenvalue weighted by Gasteiger charge is 2.20. The first kappa shape index (κ1) is 11.9. The lowest BCUT2D eigenvalue weighted by atomic mass is 9.93. The highest BCUT2D eigenvalue weighted by Crippen LogP contribution is 2.18. The Morgan fingerprint density at radius 3 is 2.59 bits per heavy atom. The minimum Gasteiger partial charge on any atom is -0.335 e. The summed E-state index contributed by atoms with van der Waals surface area (Å²) in [5.74, 6) is 0. The number of nitrogens with one attached hydrogen (secondary N) is 2. The van der Waals surface area contributed by atoms with Crippen molar-refractivity contribution < 1.29 is 4.79 Å². The first-order valence-electron chi connectivity index (χ1n) is 6.11. The molecule has 1 unspecified atom stereocenters. The summed E-state index contributed by atoms with van der Waals surface area (Å²) in [5.41, 5.74) is 6.73. The SMILES string of the molecule is NCC(NC(=O)NC1CCC1)c1ccccc1. The van der Waals surface area contributed by atoms with Crippen molar-refractivity contribution >= 4 is 6.03 Å². The fraction of sp³-hybridized carbons (Fsp3) is 0.462. The maximum atomic E-state index is 11.7. The molecule has 1 saturated carbocycles. The zero-order chi connectivity index (χ0) is 12.1. The van der Waals surface area contributed by atoms with E-state index in [4.69, 9.17) is 5.73 Å². The third-order valence-corrected chi connectivity index (χ3v) is 3.18. The van der Waals surface area contributed by atoms with Gasteiger partial charge in [0, 0.05) is 12.6 Å². The van der Waals surface area contributed by atoms with E-state index in [2.05, 4.69) is 10.6 Å². The molecule has 1 aliphatic carbocycles. The summed E-state index contributed by atoms with van der Waals surface area (Å²) < 4.78 is 0. The van der Waals surface area contributed by atoms with Crippen LogP contribution in [0.4, 0.5) is 4.79 Å². The van der Waals surface area contributed by atoms with Crippen LogP contribution in [0.2, 0.25) is 0 Å². The van der Waals surface area contributed by atoms with Crippen LogP contribution in [0.25, 0.3) is 0 Å². The van der Waals surface area contributed by atoms with E-state index in [0.29, 0.717) is 12.6 Å². The van der Waals surface area contributed by atoms with Gasteiger partial charge in [0.2, 0.25) is 0 Å². The van der Waals surface area contributed by atoms with E-state index in [1.54, 1.807) is 0 Å². The van der Waals surface area contributed by atoms with Crippen LogP contribution in [0.3, 0.4) is 0 Å². The Balaban J connectivity index is 1.88. The van der Waals surface area contributed by atoms with Gasteiger partial charge in [-0.25, -0.2) is 4.79 Å². The highest BCUT2D eigenvalue weighted by atomic mass is 16.2. The van der Waals surface area contributed by atoms with Gasteiger partial charge >= 0.3 is 6.03 Å². The van der Waals surface area contributed by atoms with E-state index < -0.39 is 0 Å². The fourth-order valence-corrected chi connectivity index (χ4v) is 1.90. The minimum atomic E-state index is -0.117. The largest absolute Gasteiger partial charge is 0.335 e. The molecule has 2 amide bonds. The van der Waals surface area contributed by atoms with Crippen molar-refractivity contribution in [3.05, 3.63) is 35.9 Å². The summed E-state index contributed by atoms with van der Waals surface area (Å²) in [6.07, 6.45) is 3.39. The van der Waals surface area contributed by atoms with Gasteiger partial charge in [-0.15, -0.1) is 0 Å². The van der Waals surface area contributed by atoms with Gasteiger partial charge in [0.15, 0.2) is 0 Å². The fourth-order valence-electron chi connectivity index (χ4n) is 1.90. The second kappa shape index (κ2) is 5.68. The van der Waals surface area contributed by atoms with Crippen molar-refractivity contribution in [3.8, 4) is 0 Å². The van der Waals surface area contributed by atoms with Gasteiger partial charge < -0.3 is 16.4 Å². The normalized spacial score (nSPS) is 17.0. The van der Waals surface area contributed by atoms with Crippen LogP contribution in [0, 0.1) is 0 Å². The number of amides is 2. The monoisotopic (exact) mass is 233 g/mol. The molecule has 0 radical (unpaired) electrons. The van der Waals surface area contributed by atoms with Crippen molar-refractivity contribution in [3.63, 3.8) is 0 Å². The molecule has 1 fully saturated rings. The lowest BCUT2D eigenvalue weighted by Gasteiger charge is -2.27. The Morgan fingerprint density at radius 1 is 1.35 bits per heavy atom. The van der Waals surface area contributed by atoms with Gasteiger partial charge in [0.1, 0.15) is 0 Å². The van der Waals surface area contributed by atoms with Crippen molar-refractivity contribution in [1.82, 2.24) is 10.6 Å². The van der Waals surface area contributed by atoms with Crippen LogP contribution in [0.5, 0.6) is 0 Å². The van der Waals surface area contributed by atoms with Gasteiger partial charge in [0.25, 0.3) is 0 Å². The summed E-state index contributed by atoms with van der Waals surface area (Å²) in [6, 6.07) is 9.91. The number of carbonyl (C=O) groups excluding carboxylic acids is 1. The summed E-state index contributed by atoms with van der Waals surface area (Å²) in [6.45, 7) is 0.405. The number of benzene rings is 1. The summed E-state index contributed by atoms with van der Waals surface area (Å²) >= 11 is 0. The van der Waals surface area contributed by atoms with E-state index in [1.165, 1.54) is 6.42 Å². The van der Waals surface area contributed by atoms with Crippen LogP contribution in [-0.2, 0) is 0 Å². The molecule has 0 aliphatic heterocycles. The molecule has 0 heterocycles. The third kappa shape index (κ3) is 3.20. The van der Waals surface area contributed by atoms with Crippen molar-refractivity contribution in [2.24, 2.45) is 5.73 Å². The number of nitrogens with two attached hydrogens (primary N) is 1. The molecule has 4 N–H and O–H groups in total. The first-order chi connectivity index (χ1) is 8.29. The summed E-state index contributed by atoms with van der Waals surface area (Å²) in [7, 11) is 0. The standard InChI is InChI=1S/C13H19N3O/c14-9-12(10-5-2-1-3-6-10)16-13(17)15-11-7-4-8-11/h1-3,5-6,11-12H,4,7-9,14H2,(H2,15,16,17). The minimum absolute atomic E-state index is 0.115. The van der Waals surface area contributed by atoms with Crippen LogP contribution in [-0.4, -0.2) is 18.6 Å². The van der Waals surface area contributed by atoms with Crippen LogP contribution >= 0.6 is 0 Å². The van der Waals surface area contributed by atoms with Gasteiger partial charge in [-0.05, 0) is 24.8 Å². The van der Waals surface area contributed by atoms with E-state index in [1.807, 2.05) is 30.3 Å². The zero-order valence-corrected chi connectivity index (χ0v) is 9.86. The van der Waals surface area contributed by atoms with Gasteiger partial charge in [0.05, 0.1) is 6.04 Å². The van der Waals surface area contributed by atoms with Crippen LogP contribution in [0.15, 0.2) is 30.3 Å². The Kier molecular flexibility index (Phi) is 3.98. The Hall–Kier alpha value is -1.55. The second-order valence-corrected chi connectivity index (χ2v) is 4.44. The van der Waals surface area contributed by atoms with Crippen molar-refractivity contribution in [2.45, 2.75) is 31.3 Å². The number of carbonyl (C=O) groups is 1. The molecule has 17 heavy (non-hydrogen) atoms. The predicted octanol–water partition coefficient (Wildman–Crippen LogP) is 1.54. The second-order valence-electron chi connectivity index (χ2n) is 4.44. The van der Waals surface area contributed by atoms with Crippen molar-refractivity contribution in [2.75, 3.05) is 6.54 Å². The van der Waals surface area contributed by atoms with E-state index >= 15 is 0 Å². The van der Waals surface area contributed by atoms with E-state index in [0.717, 1.165) is 18.4 Å². The maximum absolute atomic E-state index is 11.7. The van der Waals surface area contributed by atoms with Gasteiger partial charge in [-0.2, -0.15) is 0 Å². The molecule has 2 rings (SSSR count). The zero-order valence-electron chi connectivity index (χ0n) is 9.86. The maximum Gasteiger partial charge on any atom is 0.315 e. The summed E-state index contributed by atoms with van der Waals surface area (Å²) in [4.78, 5) is 11.7. The third-order valence-electron chi connectivity index (χ3n) is 3.18. The molecular weight excluding hydrogens is 214 g/mol. The lowest BCUT2D eigenvalue weighted by Crippen LogP contribution is -2.47. The molecule has 1 aromatic carbocycles. The first-order valence-corrected chi connectivity index (χ1v) is 6.11. The molecule has 0 saturated heterocycles. The molecule has 0 spiro atoms. The Morgan fingerprint density at radius 2 is 2.06 bits per heavy atom. The molecule has 4 heteroatoms. The Labute approximate surface area is 102 Å². The molecule has 92 valence electrons. The van der Waals surface area contributed by atoms with Gasteiger partial charge in [-0.3, -0.25) is 0 Å². The van der Waals surface area contributed by atoms with Crippen LogP contribution in [0.1, 0.15) is 30.9 Å². The van der Waals surface area contributed by atoms with E-state index in [9.17, 15) is 4.79 Å². The lowest BCUT2D eigenvalue weighted by molar-refractivity contribution is 0.225. The average Bonchev–Trinajstić information content (AvgIpc) is 2.32. The highest BCUT2D eigenvalue weighted by molar-refractivity contribution is 5.74.